The van der Waals surface area contributed by atoms with Crippen LogP contribution < -0.4 is 0 Å². The number of likely N-dealkylation sites (tertiary alicyclic amines) is 1. The molecule has 1 atom stereocenters. The van der Waals surface area contributed by atoms with Gasteiger partial charge in [-0.1, -0.05) is 26.2 Å². The minimum atomic E-state index is 0.439. The summed E-state index contributed by atoms with van der Waals surface area (Å²) in [5.41, 5.74) is 1.13. The highest BCUT2D eigenvalue weighted by atomic mass is 15.2. The molecule has 2 fully saturated rings. The Morgan fingerprint density at radius 2 is 1.96 bits per heavy atom. The molecule has 4 rings (SSSR count). The van der Waals surface area contributed by atoms with E-state index < -0.39 is 0 Å². The molecule has 1 saturated heterocycles. The van der Waals surface area contributed by atoms with Crippen LogP contribution >= 0.6 is 0 Å². The summed E-state index contributed by atoms with van der Waals surface area (Å²) in [6.45, 7) is 3.34. The first-order chi connectivity index (χ1) is 11.9. The molecule has 2 aromatic rings. The molecule has 5 heteroatoms. The highest BCUT2D eigenvalue weighted by Crippen LogP contribution is 2.36. The van der Waals surface area contributed by atoms with Gasteiger partial charge in [-0.3, -0.25) is 14.5 Å². The molecule has 3 heterocycles. The summed E-state index contributed by atoms with van der Waals surface area (Å²) in [7, 11) is 0. The van der Waals surface area contributed by atoms with Gasteiger partial charge in [-0.15, -0.1) is 0 Å². The summed E-state index contributed by atoms with van der Waals surface area (Å²) in [4.78, 5) is 16.6. The molecule has 2 aromatic heterocycles. The molecule has 1 aliphatic heterocycles. The second kappa shape index (κ2) is 7.01. The Balaban J connectivity index is 1.60. The van der Waals surface area contributed by atoms with E-state index in [-0.39, 0.29) is 0 Å². The summed E-state index contributed by atoms with van der Waals surface area (Å²) in [5.74, 6) is 1.94. The molecule has 0 radical (unpaired) electrons. The SMILES string of the molecule is CCc1nccn1-c1cncc([C@@H]2CCCN2C2CCCCC2)n1. The van der Waals surface area contributed by atoms with Crippen molar-refractivity contribution in [2.45, 2.75) is 70.4 Å². The van der Waals surface area contributed by atoms with Crippen molar-refractivity contribution >= 4 is 0 Å². The fourth-order valence-corrected chi connectivity index (χ4v) is 4.41. The van der Waals surface area contributed by atoms with E-state index >= 15 is 0 Å². The molecule has 0 N–H and O–H groups in total. The summed E-state index contributed by atoms with van der Waals surface area (Å²) in [5, 5.41) is 0. The maximum Gasteiger partial charge on any atom is 0.156 e. The van der Waals surface area contributed by atoms with Gasteiger partial charge < -0.3 is 0 Å². The van der Waals surface area contributed by atoms with E-state index in [9.17, 15) is 0 Å². The minimum absolute atomic E-state index is 0.439. The second-order valence-electron chi connectivity index (χ2n) is 7.06. The first kappa shape index (κ1) is 15.8. The Bertz CT molecular complexity index is 674. The molecular formula is C19H27N5. The highest BCUT2D eigenvalue weighted by Gasteiger charge is 2.33. The van der Waals surface area contributed by atoms with Gasteiger partial charge in [0.2, 0.25) is 0 Å². The number of aryl methyl sites for hydroxylation is 1. The summed E-state index contributed by atoms with van der Waals surface area (Å²) in [6.07, 6.45) is 17.9. The molecule has 0 bridgehead atoms. The number of rotatable bonds is 4. The Morgan fingerprint density at radius 3 is 2.79 bits per heavy atom. The van der Waals surface area contributed by atoms with Crippen molar-refractivity contribution in [2.75, 3.05) is 6.54 Å². The van der Waals surface area contributed by atoms with Crippen LogP contribution in [0.4, 0.5) is 0 Å². The average Bonchev–Trinajstić information content (AvgIpc) is 3.31. The van der Waals surface area contributed by atoms with Gasteiger partial charge in [0.15, 0.2) is 5.82 Å². The van der Waals surface area contributed by atoms with Crippen molar-refractivity contribution in [3.05, 3.63) is 36.3 Å². The van der Waals surface area contributed by atoms with Crippen LogP contribution in [-0.2, 0) is 6.42 Å². The van der Waals surface area contributed by atoms with Crippen LogP contribution in [0.15, 0.2) is 24.8 Å². The van der Waals surface area contributed by atoms with Crippen LogP contribution in [0.5, 0.6) is 0 Å². The van der Waals surface area contributed by atoms with Crippen molar-refractivity contribution in [1.82, 2.24) is 24.4 Å². The van der Waals surface area contributed by atoms with Crippen LogP contribution in [0.25, 0.3) is 5.82 Å². The summed E-state index contributed by atoms with van der Waals surface area (Å²) < 4.78 is 2.07. The van der Waals surface area contributed by atoms with Crippen molar-refractivity contribution in [2.24, 2.45) is 0 Å². The fraction of sp³-hybridized carbons (Fsp3) is 0.632. The van der Waals surface area contributed by atoms with Crippen LogP contribution in [-0.4, -0.2) is 37.0 Å². The van der Waals surface area contributed by atoms with Gasteiger partial charge in [-0.05, 0) is 32.2 Å². The van der Waals surface area contributed by atoms with Gasteiger partial charge >= 0.3 is 0 Å². The lowest BCUT2D eigenvalue weighted by molar-refractivity contribution is 0.140. The maximum absolute atomic E-state index is 4.97. The summed E-state index contributed by atoms with van der Waals surface area (Å²) in [6, 6.07) is 1.19. The zero-order chi connectivity index (χ0) is 16.4. The second-order valence-corrected chi connectivity index (χ2v) is 7.06. The third-order valence-corrected chi connectivity index (χ3v) is 5.60. The quantitative estimate of drug-likeness (QED) is 0.860. The standard InChI is InChI=1S/C19H27N5/c1-2-18-21-10-12-24(18)19-14-20-13-16(22-19)17-9-6-11-23(17)15-7-4-3-5-8-15/h10,12-15,17H,2-9,11H2,1H3/t17-/m0/s1. The Kier molecular flexibility index (Phi) is 4.60. The van der Waals surface area contributed by atoms with Crippen LogP contribution in [0.1, 0.15) is 69.4 Å². The van der Waals surface area contributed by atoms with Crippen LogP contribution in [0, 0.1) is 0 Å². The molecule has 0 unspecified atom stereocenters. The van der Waals surface area contributed by atoms with E-state index in [1.807, 2.05) is 24.8 Å². The lowest BCUT2D eigenvalue weighted by Crippen LogP contribution is -2.36. The Morgan fingerprint density at radius 1 is 1.08 bits per heavy atom. The molecule has 1 saturated carbocycles. The molecule has 1 aliphatic carbocycles. The number of hydrogen-bond acceptors (Lipinski definition) is 4. The highest BCUT2D eigenvalue weighted by molar-refractivity contribution is 5.24. The van der Waals surface area contributed by atoms with Crippen LogP contribution in [0.3, 0.4) is 0 Å². The topological polar surface area (TPSA) is 46.8 Å². The van der Waals surface area contributed by atoms with Gasteiger partial charge in [-0.25, -0.2) is 9.97 Å². The predicted molar refractivity (Wildman–Crippen MR) is 94.1 cm³/mol. The van der Waals surface area contributed by atoms with Gasteiger partial charge in [0.05, 0.1) is 24.1 Å². The van der Waals surface area contributed by atoms with E-state index in [4.69, 9.17) is 4.98 Å². The van der Waals surface area contributed by atoms with E-state index in [0.29, 0.717) is 6.04 Å². The molecule has 0 amide bonds. The minimum Gasteiger partial charge on any atom is -0.292 e. The monoisotopic (exact) mass is 325 g/mol. The van der Waals surface area contributed by atoms with Gasteiger partial charge in [0.25, 0.3) is 0 Å². The van der Waals surface area contributed by atoms with E-state index in [0.717, 1.165) is 29.8 Å². The fourth-order valence-electron chi connectivity index (χ4n) is 4.41. The van der Waals surface area contributed by atoms with Gasteiger partial charge in [0, 0.05) is 24.9 Å². The molecule has 128 valence electrons. The van der Waals surface area contributed by atoms with E-state index in [2.05, 4.69) is 26.4 Å². The largest absolute Gasteiger partial charge is 0.292 e. The average molecular weight is 325 g/mol. The van der Waals surface area contributed by atoms with Gasteiger partial charge in [-0.2, -0.15) is 0 Å². The van der Waals surface area contributed by atoms with Crippen LogP contribution in [0.2, 0.25) is 0 Å². The first-order valence-electron chi connectivity index (χ1n) is 9.47. The first-order valence-corrected chi connectivity index (χ1v) is 9.47. The number of aromatic nitrogens is 4. The lowest BCUT2D eigenvalue weighted by atomic mass is 9.93. The Hall–Kier alpha value is -1.75. The van der Waals surface area contributed by atoms with E-state index in [1.165, 1.54) is 51.5 Å². The Labute approximate surface area is 144 Å². The molecule has 2 aliphatic rings. The predicted octanol–water partition coefficient (Wildman–Crippen LogP) is 3.69. The van der Waals surface area contributed by atoms with Crippen molar-refractivity contribution in [1.29, 1.82) is 0 Å². The number of imidazole rings is 1. The van der Waals surface area contributed by atoms with E-state index in [1.54, 1.807) is 0 Å². The van der Waals surface area contributed by atoms with Crippen molar-refractivity contribution in [3.63, 3.8) is 0 Å². The number of nitrogens with zero attached hydrogens (tertiary/aromatic N) is 5. The van der Waals surface area contributed by atoms with Crippen molar-refractivity contribution in [3.8, 4) is 5.82 Å². The normalized spacial score (nSPS) is 23.0. The summed E-state index contributed by atoms with van der Waals surface area (Å²) >= 11 is 0. The molecule has 0 aromatic carbocycles. The molecule has 5 nitrogen and oxygen atoms in total. The smallest absolute Gasteiger partial charge is 0.156 e. The third-order valence-electron chi connectivity index (χ3n) is 5.60. The maximum atomic E-state index is 4.97. The van der Waals surface area contributed by atoms with Crippen molar-refractivity contribution < 1.29 is 0 Å². The lowest BCUT2D eigenvalue weighted by Gasteiger charge is -2.35. The number of hydrogen-bond donors (Lipinski definition) is 0. The molecular weight excluding hydrogens is 298 g/mol. The molecule has 24 heavy (non-hydrogen) atoms. The third kappa shape index (κ3) is 2.97. The zero-order valence-corrected chi connectivity index (χ0v) is 14.6. The molecule has 0 spiro atoms. The zero-order valence-electron chi connectivity index (χ0n) is 14.6. The van der Waals surface area contributed by atoms with Gasteiger partial charge in [0.1, 0.15) is 5.82 Å².